The van der Waals surface area contributed by atoms with Crippen molar-refractivity contribution >= 4 is 12.0 Å². The van der Waals surface area contributed by atoms with Crippen molar-refractivity contribution in [1.29, 1.82) is 0 Å². The fraction of sp³-hybridized carbons (Fsp3) is 0.429. The number of ether oxygens (including phenoxy) is 1. The molecule has 6 heteroatoms. The number of hydrogen-bond donors (Lipinski definition) is 2. The van der Waals surface area contributed by atoms with Crippen LogP contribution in [0.15, 0.2) is 30.3 Å². The first-order chi connectivity index (χ1) is 9.56. The number of likely N-dealkylation sites (N-methyl/N-ethyl adjacent to an activating group) is 1. The number of carbonyl (C=O) groups is 2. The average Bonchev–Trinajstić information content (AvgIpc) is 2.45. The smallest absolute Gasteiger partial charge is 0.330 e. The van der Waals surface area contributed by atoms with E-state index in [0.717, 1.165) is 0 Å². The molecule has 0 fully saturated rings. The molecule has 6 nitrogen and oxygen atoms in total. The molecule has 0 aliphatic carbocycles. The van der Waals surface area contributed by atoms with Crippen molar-refractivity contribution in [3.05, 3.63) is 35.9 Å². The van der Waals surface area contributed by atoms with Crippen LogP contribution in [0.3, 0.4) is 0 Å². The number of carbonyl (C=O) groups excluding carboxylic acids is 1. The van der Waals surface area contributed by atoms with Gasteiger partial charge in [0.25, 0.3) is 0 Å². The maximum Gasteiger partial charge on any atom is 0.330 e. The van der Waals surface area contributed by atoms with Crippen LogP contribution in [0, 0.1) is 0 Å². The maximum absolute atomic E-state index is 11.9. The number of urea groups is 1. The molecule has 20 heavy (non-hydrogen) atoms. The van der Waals surface area contributed by atoms with Gasteiger partial charge in [0.15, 0.2) is 6.04 Å². The largest absolute Gasteiger partial charge is 0.479 e. The van der Waals surface area contributed by atoms with Gasteiger partial charge in [-0.1, -0.05) is 30.3 Å². The molecule has 0 bridgehead atoms. The summed E-state index contributed by atoms with van der Waals surface area (Å²) in [7, 11) is 1.60. The van der Waals surface area contributed by atoms with E-state index < -0.39 is 18.0 Å². The zero-order valence-corrected chi connectivity index (χ0v) is 11.7. The number of benzene rings is 1. The molecule has 1 aromatic carbocycles. The molecule has 1 unspecified atom stereocenters. The van der Waals surface area contributed by atoms with E-state index in [1.54, 1.807) is 37.4 Å². The minimum absolute atomic E-state index is 0.404. The highest BCUT2D eigenvalue weighted by atomic mass is 16.5. The quantitative estimate of drug-likeness (QED) is 0.742. The first kappa shape index (κ1) is 16.0. The van der Waals surface area contributed by atoms with Crippen molar-refractivity contribution in [1.82, 2.24) is 10.2 Å². The molecule has 2 amide bonds. The minimum atomic E-state index is -1.09. The zero-order valence-electron chi connectivity index (χ0n) is 11.7. The molecular weight excluding hydrogens is 260 g/mol. The minimum Gasteiger partial charge on any atom is -0.479 e. The van der Waals surface area contributed by atoms with Gasteiger partial charge in [-0.25, -0.2) is 9.59 Å². The predicted molar refractivity (Wildman–Crippen MR) is 74.5 cm³/mol. The van der Waals surface area contributed by atoms with Crippen LogP contribution in [0.5, 0.6) is 0 Å². The summed E-state index contributed by atoms with van der Waals surface area (Å²) in [5.74, 6) is -1.09. The van der Waals surface area contributed by atoms with Gasteiger partial charge in [-0.2, -0.15) is 0 Å². The predicted octanol–water partition coefficient (Wildman–Crippen LogP) is 1.49. The summed E-state index contributed by atoms with van der Waals surface area (Å²) in [6.45, 7) is 3.28. The number of rotatable bonds is 7. The van der Waals surface area contributed by atoms with Crippen molar-refractivity contribution in [2.75, 3.05) is 26.8 Å². The second-order valence-electron chi connectivity index (χ2n) is 4.25. The Hall–Kier alpha value is -2.08. The molecule has 0 aromatic heterocycles. The lowest BCUT2D eigenvalue weighted by Crippen LogP contribution is -2.43. The Morgan fingerprint density at radius 3 is 2.55 bits per heavy atom. The Morgan fingerprint density at radius 2 is 2.00 bits per heavy atom. The summed E-state index contributed by atoms with van der Waals surface area (Å²) in [5, 5.41) is 11.7. The normalized spacial score (nSPS) is 11.7. The maximum atomic E-state index is 11.9. The molecule has 1 rings (SSSR count). The zero-order chi connectivity index (χ0) is 15.0. The van der Waals surface area contributed by atoms with Crippen LogP contribution in [0.2, 0.25) is 0 Å². The molecule has 0 radical (unpaired) electrons. The Balaban J connectivity index is 2.62. The fourth-order valence-corrected chi connectivity index (χ4v) is 1.61. The van der Waals surface area contributed by atoms with Crippen molar-refractivity contribution < 1.29 is 19.4 Å². The summed E-state index contributed by atoms with van der Waals surface area (Å²) < 4.78 is 5.15. The lowest BCUT2D eigenvalue weighted by atomic mass is 10.1. The van der Waals surface area contributed by atoms with Crippen molar-refractivity contribution in [3.63, 3.8) is 0 Å². The highest BCUT2D eigenvalue weighted by Crippen LogP contribution is 2.12. The highest BCUT2D eigenvalue weighted by molar-refractivity contribution is 5.83. The van der Waals surface area contributed by atoms with E-state index in [9.17, 15) is 14.7 Å². The lowest BCUT2D eigenvalue weighted by Gasteiger charge is -2.21. The molecule has 0 aliphatic heterocycles. The molecule has 0 spiro atoms. The van der Waals surface area contributed by atoms with E-state index in [0.29, 0.717) is 25.3 Å². The summed E-state index contributed by atoms with van der Waals surface area (Å²) in [6, 6.07) is 7.09. The molecule has 0 aliphatic rings. The van der Waals surface area contributed by atoms with E-state index in [1.165, 1.54) is 4.90 Å². The number of nitrogens with one attached hydrogen (secondary N) is 1. The Labute approximate surface area is 118 Å². The van der Waals surface area contributed by atoms with Gasteiger partial charge in [0, 0.05) is 20.2 Å². The van der Waals surface area contributed by atoms with Gasteiger partial charge in [-0.3, -0.25) is 0 Å². The third-order valence-electron chi connectivity index (χ3n) is 2.77. The fourth-order valence-electron chi connectivity index (χ4n) is 1.61. The van der Waals surface area contributed by atoms with Gasteiger partial charge in [0.1, 0.15) is 0 Å². The van der Waals surface area contributed by atoms with Crippen LogP contribution in [-0.4, -0.2) is 48.8 Å². The van der Waals surface area contributed by atoms with E-state index >= 15 is 0 Å². The second kappa shape index (κ2) is 8.16. The molecule has 1 atom stereocenters. The molecule has 0 saturated heterocycles. The molecule has 0 saturated carbocycles. The van der Waals surface area contributed by atoms with E-state index in [2.05, 4.69) is 5.32 Å². The number of aliphatic carboxylic acids is 1. The van der Waals surface area contributed by atoms with Crippen molar-refractivity contribution in [2.24, 2.45) is 0 Å². The first-order valence-electron chi connectivity index (χ1n) is 6.43. The molecular formula is C14H20N2O4. The van der Waals surface area contributed by atoms with Crippen LogP contribution >= 0.6 is 0 Å². The summed E-state index contributed by atoms with van der Waals surface area (Å²) in [6.07, 6.45) is 0. The summed E-state index contributed by atoms with van der Waals surface area (Å²) >= 11 is 0. The van der Waals surface area contributed by atoms with Crippen molar-refractivity contribution in [3.8, 4) is 0 Å². The van der Waals surface area contributed by atoms with Gasteiger partial charge in [-0.05, 0) is 12.5 Å². The molecule has 2 N–H and O–H groups in total. The summed E-state index contributed by atoms with van der Waals surface area (Å²) in [5.41, 5.74) is 0.534. The van der Waals surface area contributed by atoms with Crippen LogP contribution in [-0.2, 0) is 9.53 Å². The van der Waals surface area contributed by atoms with E-state index in [4.69, 9.17) is 4.74 Å². The van der Waals surface area contributed by atoms with Gasteiger partial charge in [-0.15, -0.1) is 0 Å². The first-order valence-corrected chi connectivity index (χ1v) is 6.43. The van der Waals surface area contributed by atoms with Crippen LogP contribution in [0.25, 0.3) is 0 Å². The third-order valence-corrected chi connectivity index (χ3v) is 2.77. The monoisotopic (exact) mass is 280 g/mol. The molecule has 1 aromatic rings. The number of nitrogens with zero attached hydrogens (tertiary/aromatic N) is 1. The van der Waals surface area contributed by atoms with Gasteiger partial charge in [0.05, 0.1) is 6.61 Å². The van der Waals surface area contributed by atoms with E-state index in [1.807, 2.05) is 6.92 Å². The van der Waals surface area contributed by atoms with Crippen molar-refractivity contribution in [2.45, 2.75) is 13.0 Å². The van der Waals surface area contributed by atoms with E-state index in [-0.39, 0.29) is 0 Å². The Bertz CT molecular complexity index is 436. The Morgan fingerprint density at radius 1 is 1.35 bits per heavy atom. The number of hydrogen-bond acceptors (Lipinski definition) is 3. The lowest BCUT2D eigenvalue weighted by molar-refractivity contribution is -0.139. The summed E-state index contributed by atoms with van der Waals surface area (Å²) in [4.78, 5) is 24.6. The number of carboxylic acids is 1. The average molecular weight is 280 g/mol. The van der Waals surface area contributed by atoms with Crippen LogP contribution in [0.4, 0.5) is 4.79 Å². The highest BCUT2D eigenvalue weighted by Gasteiger charge is 2.23. The third kappa shape index (κ3) is 4.89. The van der Waals surface area contributed by atoms with Crippen LogP contribution in [0.1, 0.15) is 18.5 Å². The topological polar surface area (TPSA) is 78.9 Å². The molecule has 110 valence electrons. The SMILES string of the molecule is CCOCCN(C)C(=O)NC(C(=O)O)c1ccccc1. The van der Waals surface area contributed by atoms with Gasteiger partial charge < -0.3 is 20.1 Å². The second-order valence-corrected chi connectivity index (χ2v) is 4.25. The number of carboxylic acid groups (broad SMARTS) is 1. The Kier molecular flexibility index (Phi) is 6.52. The van der Waals surface area contributed by atoms with Gasteiger partial charge in [0.2, 0.25) is 0 Å². The standard InChI is InChI=1S/C14H20N2O4/c1-3-20-10-9-16(2)14(19)15-12(13(17)18)11-7-5-4-6-8-11/h4-8,12H,3,9-10H2,1-2H3,(H,15,19)(H,17,18). The van der Waals surface area contributed by atoms with Gasteiger partial charge >= 0.3 is 12.0 Å². The number of amides is 2. The molecule has 0 heterocycles. The van der Waals surface area contributed by atoms with Crippen LogP contribution < -0.4 is 5.32 Å².